The highest BCUT2D eigenvalue weighted by Gasteiger charge is 2.28. The smallest absolute Gasteiger partial charge is 0.319 e. The molecule has 1 aliphatic rings. The molecule has 1 aromatic carbocycles. The van der Waals surface area contributed by atoms with Gasteiger partial charge >= 0.3 is 6.03 Å². The molecule has 1 saturated heterocycles. The van der Waals surface area contributed by atoms with E-state index >= 15 is 0 Å². The highest BCUT2D eigenvalue weighted by Crippen LogP contribution is 2.28. The number of nitrogens with zero attached hydrogens (tertiary/aromatic N) is 1. The molecule has 0 saturated carbocycles. The lowest BCUT2D eigenvalue weighted by atomic mass is 10.2. The highest BCUT2D eigenvalue weighted by atomic mass is 32.2. The van der Waals surface area contributed by atoms with E-state index in [4.69, 9.17) is 0 Å². The average molecular weight is 309 g/mol. The Hall–Kier alpha value is -2.02. The van der Waals surface area contributed by atoms with Crippen molar-refractivity contribution in [2.75, 3.05) is 28.5 Å². The van der Waals surface area contributed by atoms with Crippen LogP contribution in [0.4, 0.5) is 16.2 Å². The predicted molar refractivity (Wildman–Crippen MR) is 84.1 cm³/mol. The van der Waals surface area contributed by atoms with Crippen LogP contribution in [0.5, 0.6) is 0 Å². The molecule has 0 spiro atoms. The largest absolute Gasteiger partial charge is 0.334 e. The van der Waals surface area contributed by atoms with Gasteiger partial charge in [-0.15, -0.1) is 6.58 Å². The highest BCUT2D eigenvalue weighted by molar-refractivity contribution is 7.93. The molecule has 2 N–H and O–H groups in total. The first kappa shape index (κ1) is 15.4. The molecular formula is C14H19N3O3S. The van der Waals surface area contributed by atoms with E-state index in [1.807, 2.05) is 6.92 Å². The molecule has 2 rings (SSSR count). The van der Waals surface area contributed by atoms with Crippen LogP contribution in [0, 0.1) is 6.92 Å². The average Bonchev–Trinajstić information content (AvgIpc) is 2.78. The Morgan fingerprint density at radius 2 is 2.24 bits per heavy atom. The summed E-state index contributed by atoms with van der Waals surface area (Å²) in [5, 5.41) is 5.33. The van der Waals surface area contributed by atoms with Gasteiger partial charge in [-0.05, 0) is 31.0 Å². The Balaban J connectivity index is 2.21. The van der Waals surface area contributed by atoms with E-state index in [2.05, 4.69) is 17.2 Å². The van der Waals surface area contributed by atoms with E-state index in [1.165, 1.54) is 4.31 Å². The van der Waals surface area contributed by atoms with E-state index in [0.29, 0.717) is 30.9 Å². The van der Waals surface area contributed by atoms with Gasteiger partial charge in [-0.1, -0.05) is 12.1 Å². The third-order valence-electron chi connectivity index (χ3n) is 3.26. The number of hydrogen-bond donors (Lipinski definition) is 2. The van der Waals surface area contributed by atoms with Crippen molar-refractivity contribution in [2.24, 2.45) is 0 Å². The van der Waals surface area contributed by atoms with Crippen molar-refractivity contribution < 1.29 is 13.2 Å². The van der Waals surface area contributed by atoms with Crippen molar-refractivity contribution in [2.45, 2.75) is 13.3 Å². The maximum atomic E-state index is 11.9. The number of benzene rings is 1. The summed E-state index contributed by atoms with van der Waals surface area (Å²) in [7, 11) is -3.22. The number of urea groups is 1. The summed E-state index contributed by atoms with van der Waals surface area (Å²) in [5.74, 6) is 0.170. The first-order valence-electron chi connectivity index (χ1n) is 6.71. The molecule has 0 aromatic heterocycles. The van der Waals surface area contributed by atoms with Gasteiger partial charge in [0.1, 0.15) is 0 Å². The van der Waals surface area contributed by atoms with Gasteiger partial charge in [0, 0.05) is 18.8 Å². The van der Waals surface area contributed by atoms with Crippen molar-refractivity contribution in [1.29, 1.82) is 0 Å². The first-order valence-corrected chi connectivity index (χ1v) is 8.32. The van der Waals surface area contributed by atoms with Crippen LogP contribution in [0.2, 0.25) is 0 Å². The molecule has 1 aliphatic heterocycles. The maximum absolute atomic E-state index is 11.9. The van der Waals surface area contributed by atoms with E-state index < -0.39 is 10.0 Å². The van der Waals surface area contributed by atoms with Crippen LogP contribution in [0.25, 0.3) is 0 Å². The molecule has 1 aromatic rings. The number of aryl methyl sites for hydroxylation is 1. The standard InChI is InChI=1S/C14H19N3O3S/c1-3-7-15-14(18)16-13-10-12(6-5-11(13)2)17-8-4-9-21(17,19)20/h3,5-6,10H,1,4,7-9H2,2H3,(H2,15,16,18). The monoisotopic (exact) mass is 309 g/mol. The predicted octanol–water partition coefficient (Wildman–Crippen LogP) is 1.84. The van der Waals surface area contributed by atoms with E-state index in [9.17, 15) is 13.2 Å². The Kier molecular flexibility index (Phi) is 4.52. The van der Waals surface area contributed by atoms with Crippen molar-refractivity contribution in [3.05, 3.63) is 36.4 Å². The normalized spacial score (nSPS) is 16.5. The first-order chi connectivity index (χ1) is 9.94. The molecule has 0 radical (unpaired) electrons. The summed E-state index contributed by atoms with van der Waals surface area (Å²) in [4.78, 5) is 11.7. The summed E-state index contributed by atoms with van der Waals surface area (Å²) in [5.41, 5.74) is 2.04. The fourth-order valence-electron chi connectivity index (χ4n) is 2.16. The lowest BCUT2D eigenvalue weighted by molar-refractivity contribution is 0.253. The van der Waals surface area contributed by atoms with Crippen molar-refractivity contribution in [3.8, 4) is 0 Å². The minimum Gasteiger partial charge on any atom is -0.334 e. The van der Waals surface area contributed by atoms with Gasteiger partial charge in [-0.2, -0.15) is 0 Å². The molecule has 1 fully saturated rings. The van der Waals surface area contributed by atoms with Crippen LogP contribution >= 0.6 is 0 Å². The fraction of sp³-hybridized carbons (Fsp3) is 0.357. The lowest BCUT2D eigenvalue weighted by Crippen LogP contribution is -2.29. The zero-order chi connectivity index (χ0) is 15.5. The van der Waals surface area contributed by atoms with Crippen LogP contribution in [-0.4, -0.2) is 33.3 Å². The van der Waals surface area contributed by atoms with Gasteiger partial charge < -0.3 is 10.6 Å². The van der Waals surface area contributed by atoms with Gasteiger partial charge in [0.2, 0.25) is 10.0 Å². The molecule has 0 aliphatic carbocycles. The third-order valence-corrected chi connectivity index (χ3v) is 5.13. The number of nitrogens with one attached hydrogen (secondary N) is 2. The minimum atomic E-state index is -3.22. The van der Waals surface area contributed by atoms with Gasteiger partial charge in [0.25, 0.3) is 0 Å². The number of carbonyl (C=O) groups is 1. The molecule has 7 heteroatoms. The number of sulfonamides is 1. The van der Waals surface area contributed by atoms with Crippen molar-refractivity contribution in [3.63, 3.8) is 0 Å². The second kappa shape index (κ2) is 6.17. The van der Waals surface area contributed by atoms with Crippen molar-refractivity contribution >= 4 is 27.4 Å². The van der Waals surface area contributed by atoms with Crippen molar-refractivity contribution in [1.82, 2.24) is 5.32 Å². The summed E-state index contributed by atoms with van der Waals surface area (Å²) in [6.45, 7) is 6.22. The van der Waals surface area contributed by atoms with Gasteiger partial charge in [-0.3, -0.25) is 4.31 Å². The number of anilines is 2. The number of hydrogen-bond acceptors (Lipinski definition) is 3. The number of rotatable bonds is 4. The van der Waals surface area contributed by atoms with E-state index in [1.54, 1.807) is 24.3 Å². The molecule has 114 valence electrons. The Morgan fingerprint density at radius 3 is 2.86 bits per heavy atom. The summed E-state index contributed by atoms with van der Waals surface area (Å²) in [6, 6.07) is 4.89. The third kappa shape index (κ3) is 3.55. The molecule has 0 unspecified atom stereocenters. The van der Waals surface area contributed by atoms with Gasteiger partial charge in [-0.25, -0.2) is 13.2 Å². The van der Waals surface area contributed by atoms with Crippen LogP contribution in [0.3, 0.4) is 0 Å². The van der Waals surface area contributed by atoms with Crippen LogP contribution < -0.4 is 14.9 Å². The molecule has 0 bridgehead atoms. The molecule has 6 nitrogen and oxygen atoms in total. The second-order valence-corrected chi connectivity index (χ2v) is 6.88. The van der Waals surface area contributed by atoms with Gasteiger partial charge in [0.15, 0.2) is 0 Å². The topological polar surface area (TPSA) is 78.5 Å². The summed E-state index contributed by atoms with van der Waals surface area (Å²) in [6.07, 6.45) is 2.21. The zero-order valence-electron chi connectivity index (χ0n) is 11.9. The maximum Gasteiger partial charge on any atom is 0.319 e. The molecule has 2 amide bonds. The fourth-order valence-corrected chi connectivity index (χ4v) is 3.72. The van der Waals surface area contributed by atoms with Crippen LogP contribution in [-0.2, 0) is 10.0 Å². The number of carbonyl (C=O) groups excluding carboxylic acids is 1. The SMILES string of the molecule is C=CCNC(=O)Nc1cc(N2CCCS2(=O)=O)ccc1C. The van der Waals surface area contributed by atoms with E-state index in [0.717, 1.165) is 5.56 Å². The molecular weight excluding hydrogens is 290 g/mol. The van der Waals surface area contributed by atoms with Crippen LogP contribution in [0.15, 0.2) is 30.9 Å². The summed E-state index contributed by atoms with van der Waals surface area (Å²) >= 11 is 0. The van der Waals surface area contributed by atoms with Gasteiger partial charge in [0.05, 0.1) is 11.4 Å². The Bertz CT molecular complexity index is 655. The Labute approximate surface area is 124 Å². The lowest BCUT2D eigenvalue weighted by Gasteiger charge is -2.19. The Morgan fingerprint density at radius 1 is 1.48 bits per heavy atom. The molecule has 1 heterocycles. The summed E-state index contributed by atoms with van der Waals surface area (Å²) < 4.78 is 25.3. The molecule has 21 heavy (non-hydrogen) atoms. The second-order valence-electron chi connectivity index (χ2n) is 4.86. The zero-order valence-corrected chi connectivity index (χ0v) is 12.7. The minimum absolute atomic E-state index is 0.170. The quantitative estimate of drug-likeness (QED) is 0.833. The molecule has 0 atom stereocenters. The van der Waals surface area contributed by atoms with Crippen LogP contribution in [0.1, 0.15) is 12.0 Å². The van der Waals surface area contributed by atoms with E-state index in [-0.39, 0.29) is 11.8 Å². The number of amides is 2.